The van der Waals surface area contributed by atoms with Gasteiger partial charge in [0.25, 0.3) is 5.91 Å². The van der Waals surface area contributed by atoms with Gasteiger partial charge >= 0.3 is 0 Å². The van der Waals surface area contributed by atoms with Gasteiger partial charge in [0.15, 0.2) is 5.82 Å². The van der Waals surface area contributed by atoms with E-state index in [9.17, 15) is 4.79 Å². The molecular formula is C16H19ClN4O. The van der Waals surface area contributed by atoms with Gasteiger partial charge in [-0.15, -0.1) is 10.2 Å². The first kappa shape index (κ1) is 15.0. The van der Waals surface area contributed by atoms with Gasteiger partial charge in [-0.05, 0) is 43.5 Å². The van der Waals surface area contributed by atoms with Crippen LogP contribution >= 0.6 is 11.6 Å². The Morgan fingerprint density at radius 1 is 1.36 bits per heavy atom. The molecule has 116 valence electrons. The zero-order valence-electron chi connectivity index (χ0n) is 13.0. The average Bonchev–Trinajstić information content (AvgIpc) is 3.23. The highest BCUT2D eigenvalue weighted by atomic mass is 35.5. The molecule has 6 heteroatoms. The number of carbonyl (C=O) groups excluding carboxylic acids is 1. The maximum atomic E-state index is 12.5. The van der Waals surface area contributed by atoms with Gasteiger partial charge in [-0.25, -0.2) is 0 Å². The van der Waals surface area contributed by atoms with Gasteiger partial charge in [0.2, 0.25) is 0 Å². The number of hydrogen-bond donors (Lipinski definition) is 0. The van der Waals surface area contributed by atoms with Crippen molar-refractivity contribution in [2.24, 2.45) is 7.05 Å². The van der Waals surface area contributed by atoms with Crippen molar-refractivity contribution in [3.63, 3.8) is 0 Å². The Labute approximate surface area is 134 Å². The summed E-state index contributed by atoms with van der Waals surface area (Å²) in [7, 11) is 3.73. The molecule has 0 spiro atoms. The van der Waals surface area contributed by atoms with Gasteiger partial charge in [0, 0.05) is 30.6 Å². The number of aryl methyl sites for hydroxylation is 1. The van der Waals surface area contributed by atoms with E-state index in [0.29, 0.717) is 23.0 Å². The highest BCUT2D eigenvalue weighted by molar-refractivity contribution is 6.31. The Morgan fingerprint density at radius 3 is 2.73 bits per heavy atom. The summed E-state index contributed by atoms with van der Waals surface area (Å²) in [6.07, 6.45) is 2.37. The quantitative estimate of drug-likeness (QED) is 0.871. The van der Waals surface area contributed by atoms with Gasteiger partial charge < -0.3 is 9.47 Å². The van der Waals surface area contributed by atoms with E-state index in [4.69, 9.17) is 11.6 Å². The number of rotatable bonds is 4. The molecule has 1 fully saturated rings. The molecule has 1 heterocycles. The molecule has 1 aliphatic carbocycles. The number of carbonyl (C=O) groups is 1. The average molecular weight is 319 g/mol. The standard InChI is InChI=1S/C16H19ClN4O/c1-10-6-12(8-13(17)7-10)16(22)20(2)9-14-18-19-15(21(14)3)11-4-5-11/h6-8,11H,4-5,9H2,1-3H3. The van der Waals surface area contributed by atoms with Crippen molar-refractivity contribution in [3.8, 4) is 0 Å². The fourth-order valence-corrected chi connectivity index (χ4v) is 2.86. The predicted molar refractivity (Wildman–Crippen MR) is 85.0 cm³/mol. The number of hydrogen-bond acceptors (Lipinski definition) is 3. The summed E-state index contributed by atoms with van der Waals surface area (Å²) in [6, 6.07) is 5.37. The number of nitrogens with zero attached hydrogens (tertiary/aromatic N) is 4. The molecule has 3 rings (SSSR count). The Morgan fingerprint density at radius 2 is 2.09 bits per heavy atom. The van der Waals surface area contributed by atoms with Crippen molar-refractivity contribution in [3.05, 3.63) is 46.0 Å². The third-order valence-corrected chi connectivity index (χ3v) is 4.17. The number of aromatic nitrogens is 3. The summed E-state index contributed by atoms with van der Waals surface area (Å²) in [6.45, 7) is 2.36. The van der Waals surface area contributed by atoms with Crippen molar-refractivity contribution in [2.75, 3.05) is 7.05 Å². The molecule has 2 aromatic rings. The molecule has 1 aromatic carbocycles. The number of halogens is 1. The van der Waals surface area contributed by atoms with E-state index in [-0.39, 0.29) is 5.91 Å². The first-order chi connectivity index (χ1) is 10.5. The minimum absolute atomic E-state index is 0.0680. The van der Waals surface area contributed by atoms with Gasteiger partial charge in [-0.3, -0.25) is 4.79 Å². The van der Waals surface area contributed by atoms with Crippen LogP contribution in [0.4, 0.5) is 0 Å². The van der Waals surface area contributed by atoms with E-state index in [1.54, 1.807) is 18.0 Å². The molecule has 5 nitrogen and oxygen atoms in total. The maximum Gasteiger partial charge on any atom is 0.254 e. The Balaban J connectivity index is 1.76. The molecule has 22 heavy (non-hydrogen) atoms. The van der Waals surface area contributed by atoms with E-state index in [0.717, 1.165) is 17.2 Å². The van der Waals surface area contributed by atoms with E-state index >= 15 is 0 Å². The minimum atomic E-state index is -0.0680. The predicted octanol–water partition coefficient (Wildman–Crippen LogP) is 2.93. The van der Waals surface area contributed by atoms with Gasteiger partial charge in [0.05, 0.1) is 6.54 Å². The van der Waals surface area contributed by atoms with E-state index < -0.39 is 0 Å². The van der Waals surface area contributed by atoms with Gasteiger partial charge in [-0.1, -0.05) is 11.6 Å². The van der Waals surface area contributed by atoms with Crippen LogP contribution in [0.3, 0.4) is 0 Å². The normalized spacial score (nSPS) is 14.2. The molecule has 0 aliphatic heterocycles. The molecule has 1 aliphatic rings. The second-order valence-electron chi connectivity index (χ2n) is 5.99. The second kappa shape index (κ2) is 5.72. The highest BCUT2D eigenvalue weighted by Gasteiger charge is 2.29. The van der Waals surface area contributed by atoms with Crippen molar-refractivity contribution in [1.82, 2.24) is 19.7 Å². The fourth-order valence-electron chi connectivity index (χ4n) is 2.57. The van der Waals surface area contributed by atoms with Gasteiger partial charge in [0.1, 0.15) is 5.82 Å². The first-order valence-electron chi connectivity index (χ1n) is 7.36. The summed E-state index contributed by atoms with van der Waals surface area (Å²) in [5.74, 6) is 2.30. The van der Waals surface area contributed by atoms with Crippen LogP contribution in [0.15, 0.2) is 18.2 Å². The SMILES string of the molecule is Cc1cc(Cl)cc(C(=O)N(C)Cc2nnc(C3CC3)n2C)c1. The topological polar surface area (TPSA) is 51.0 Å². The molecular weight excluding hydrogens is 300 g/mol. The molecule has 1 saturated carbocycles. The van der Waals surface area contributed by atoms with E-state index in [1.807, 2.05) is 30.7 Å². The molecule has 0 radical (unpaired) electrons. The summed E-state index contributed by atoms with van der Waals surface area (Å²) in [5, 5.41) is 9.04. The number of amides is 1. The number of benzene rings is 1. The van der Waals surface area contributed by atoms with Crippen LogP contribution in [-0.2, 0) is 13.6 Å². The lowest BCUT2D eigenvalue weighted by Crippen LogP contribution is -2.27. The lowest BCUT2D eigenvalue weighted by atomic mass is 10.1. The lowest BCUT2D eigenvalue weighted by molar-refractivity contribution is 0.0780. The van der Waals surface area contributed by atoms with E-state index in [2.05, 4.69) is 10.2 Å². The van der Waals surface area contributed by atoms with Crippen LogP contribution in [0.25, 0.3) is 0 Å². The molecule has 1 amide bonds. The van der Waals surface area contributed by atoms with E-state index in [1.165, 1.54) is 12.8 Å². The highest BCUT2D eigenvalue weighted by Crippen LogP contribution is 2.38. The second-order valence-corrected chi connectivity index (χ2v) is 6.42. The monoisotopic (exact) mass is 318 g/mol. The van der Waals surface area contributed by atoms with Crippen molar-refractivity contribution >= 4 is 17.5 Å². The molecule has 0 atom stereocenters. The summed E-state index contributed by atoms with van der Waals surface area (Å²) >= 11 is 6.03. The van der Waals surface area contributed by atoms with Gasteiger partial charge in [-0.2, -0.15) is 0 Å². The molecule has 0 N–H and O–H groups in total. The largest absolute Gasteiger partial charge is 0.334 e. The molecule has 0 unspecified atom stereocenters. The Bertz CT molecular complexity index is 701. The summed E-state index contributed by atoms with van der Waals surface area (Å²) in [5.41, 5.74) is 1.57. The fraction of sp³-hybridized carbons (Fsp3) is 0.438. The first-order valence-corrected chi connectivity index (χ1v) is 7.74. The third kappa shape index (κ3) is 2.99. The van der Waals surface area contributed by atoms with Crippen LogP contribution in [0, 0.1) is 6.92 Å². The van der Waals surface area contributed by atoms with Crippen LogP contribution in [-0.4, -0.2) is 32.6 Å². The summed E-state index contributed by atoms with van der Waals surface area (Å²) < 4.78 is 2.00. The Kier molecular flexibility index (Phi) is 3.91. The van der Waals surface area contributed by atoms with Crippen molar-refractivity contribution < 1.29 is 4.79 Å². The molecule has 1 aromatic heterocycles. The third-order valence-electron chi connectivity index (χ3n) is 3.96. The lowest BCUT2D eigenvalue weighted by Gasteiger charge is -2.17. The molecule has 0 saturated heterocycles. The van der Waals surface area contributed by atoms with Crippen LogP contribution < -0.4 is 0 Å². The minimum Gasteiger partial charge on any atom is -0.334 e. The van der Waals surface area contributed by atoms with Crippen molar-refractivity contribution in [2.45, 2.75) is 32.2 Å². The van der Waals surface area contributed by atoms with Crippen LogP contribution in [0.5, 0.6) is 0 Å². The zero-order valence-corrected chi connectivity index (χ0v) is 13.8. The Hall–Kier alpha value is -1.88. The smallest absolute Gasteiger partial charge is 0.254 e. The maximum absolute atomic E-state index is 12.5. The van der Waals surface area contributed by atoms with Crippen LogP contribution in [0.2, 0.25) is 5.02 Å². The molecule has 0 bridgehead atoms. The zero-order chi connectivity index (χ0) is 15.9. The van der Waals surface area contributed by atoms with Crippen molar-refractivity contribution in [1.29, 1.82) is 0 Å². The van der Waals surface area contributed by atoms with Crippen LogP contribution in [0.1, 0.15) is 46.3 Å². The summed E-state index contributed by atoms with van der Waals surface area (Å²) in [4.78, 5) is 14.2.